The van der Waals surface area contributed by atoms with Crippen molar-refractivity contribution in [2.24, 2.45) is 0 Å². The van der Waals surface area contributed by atoms with Gasteiger partial charge in [-0.2, -0.15) is 0 Å². The highest BCUT2D eigenvalue weighted by Crippen LogP contribution is 2.31. The Hall–Kier alpha value is -3.93. The van der Waals surface area contributed by atoms with Gasteiger partial charge in [-0.3, -0.25) is 10.1 Å². The summed E-state index contributed by atoms with van der Waals surface area (Å²) in [6.45, 7) is 4.21. The number of pyridine rings is 1. The van der Waals surface area contributed by atoms with Crippen molar-refractivity contribution in [1.82, 2.24) is 19.8 Å². The first-order chi connectivity index (χ1) is 18.0. The molecule has 0 bridgehead atoms. The molecule has 12 heteroatoms. The van der Waals surface area contributed by atoms with Crippen LogP contribution in [0.5, 0.6) is 0 Å². The van der Waals surface area contributed by atoms with E-state index in [1.165, 1.54) is 30.6 Å². The second-order valence-electron chi connectivity index (χ2n) is 8.89. The summed E-state index contributed by atoms with van der Waals surface area (Å²) >= 11 is 1.44. The predicted octanol–water partition coefficient (Wildman–Crippen LogP) is 3.29. The van der Waals surface area contributed by atoms with Gasteiger partial charge in [0.15, 0.2) is 0 Å². The van der Waals surface area contributed by atoms with Gasteiger partial charge in [0, 0.05) is 62.8 Å². The van der Waals surface area contributed by atoms with Gasteiger partial charge < -0.3 is 23.9 Å². The van der Waals surface area contributed by atoms with Gasteiger partial charge in [-0.1, -0.05) is 6.07 Å². The molecule has 11 nitrogen and oxygen atoms in total. The van der Waals surface area contributed by atoms with Crippen LogP contribution in [0.25, 0.3) is 0 Å². The number of methoxy groups -OCH3 is 1. The Balaban J connectivity index is 1.10. The number of anilines is 2. The zero-order valence-corrected chi connectivity index (χ0v) is 21.3. The smallest absolute Gasteiger partial charge is 0.374 e. The number of piperazine rings is 1. The van der Waals surface area contributed by atoms with Crippen molar-refractivity contribution < 1.29 is 23.5 Å². The van der Waals surface area contributed by atoms with Crippen LogP contribution in [-0.4, -0.2) is 84.1 Å². The highest BCUT2D eigenvalue weighted by molar-refractivity contribution is 7.10. The molecule has 3 aromatic rings. The summed E-state index contributed by atoms with van der Waals surface area (Å²) in [6, 6.07) is 8.88. The third-order valence-corrected chi connectivity index (χ3v) is 7.63. The molecule has 2 aliphatic rings. The summed E-state index contributed by atoms with van der Waals surface area (Å²) in [5.41, 5.74) is 0.292. The second kappa shape index (κ2) is 11.0. The van der Waals surface area contributed by atoms with Gasteiger partial charge in [0.05, 0.1) is 12.1 Å². The standard InChI is InChI=1S/C25H28N6O5S/c1-35-24(33)19-5-6-21(36-19)28-22(32)18-16-37-23(27-18)17-7-10-30(11-8-17)25(34)31-14-12-29(13-15-31)20-4-2-3-9-26-20/h2-6,9,16-17H,7-8,10-15H2,1H3,(H,28,32). The summed E-state index contributed by atoms with van der Waals surface area (Å²) < 4.78 is 9.89. The Labute approximate surface area is 218 Å². The number of nitrogens with zero attached hydrogens (tertiary/aromatic N) is 5. The average molecular weight is 525 g/mol. The number of amides is 3. The topological polar surface area (TPSA) is 121 Å². The molecule has 0 spiro atoms. The molecular weight excluding hydrogens is 496 g/mol. The molecule has 0 aliphatic carbocycles. The number of carbonyl (C=O) groups excluding carboxylic acids is 3. The normalized spacial score (nSPS) is 16.5. The van der Waals surface area contributed by atoms with Gasteiger partial charge >= 0.3 is 12.0 Å². The summed E-state index contributed by atoms with van der Waals surface area (Å²) in [4.78, 5) is 52.2. The van der Waals surface area contributed by atoms with Gasteiger partial charge in [0.2, 0.25) is 11.6 Å². The van der Waals surface area contributed by atoms with E-state index in [0.717, 1.165) is 36.8 Å². The average Bonchev–Trinajstić information content (AvgIpc) is 3.63. The first-order valence-electron chi connectivity index (χ1n) is 12.2. The second-order valence-corrected chi connectivity index (χ2v) is 9.78. The molecule has 2 aliphatic heterocycles. The van der Waals surface area contributed by atoms with Crippen LogP contribution >= 0.6 is 11.3 Å². The fourth-order valence-electron chi connectivity index (χ4n) is 4.56. The minimum absolute atomic E-state index is 0.00755. The molecule has 37 heavy (non-hydrogen) atoms. The fourth-order valence-corrected chi connectivity index (χ4v) is 5.53. The fraction of sp³-hybridized carbons (Fsp3) is 0.400. The molecule has 2 saturated heterocycles. The number of piperidine rings is 1. The third kappa shape index (κ3) is 5.58. The van der Waals surface area contributed by atoms with Crippen molar-refractivity contribution >= 4 is 40.9 Å². The van der Waals surface area contributed by atoms with Crippen LogP contribution in [0.4, 0.5) is 16.5 Å². The lowest BCUT2D eigenvalue weighted by molar-refractivity contribution is 0.0565. The molecule has 3 aromatic heterocycles. The molecule has 1 N–H and O–H groups in total. The lowest BCUT2D eigenvalue weighted by Gasteiger charge is -2.39. The third-order valence-electron chi connectivity index (χ3n) is 6.62. The van der Waals surface area contributed by atoms with E-state index < -0.39 is 11.9 Å². The summed E-state index contributed by atoms with van der Waals surface area (Å²) in [5, 5.41) is 5.21. The van der Waals surface area contributed by atoms with Crippen molar-refractivity contribution in [1.29, 1.82) is 0 Å². The van der Waals surface area contributed by atoms with E-state index in [1.807, 2.05) is 28.0 Å². The maximum atomic E-state index is 13.1. The Morgan fingerprint density at radius 3 is 2.49 bits per heavy atom. The molecular formula is C25H28N6O5S. The molecule has 0 unspecified atom stereocenters. The summed E-state index contributed by atoms with van der Waals surface area (Å²) in [7, 11) is 1.26. The van der Waals surface area contributed by atoms with Crippen LogP contribution in [0.3, 0.4) is 0 Å². The van der Waals surface area contributed by atoms with Crippen LogP contribution in [0.2, 0.25) is 0 Å². The number of rotatable bonds is 5. The van der Waals surface area contributed by atoms with Gasteiger partial charge in [0.1, 0.15) is 11.5 Å². The van der Waals surface area contributed by atoms with Crippen LogP contribution in [0.15, 0.2) is 46.3 Å². The number of esters is 1. The Bertz CT molecular complexity index is 1250. The van der Waals surface area contributed by atoms with Crippen LogP contribution < -0.4 is 10.2 Å². The molecule has 0 saturated carbocycles. The summed E-state index contributed by atoms with van der Waals surface area (Å²) in [5.74, 6) is 0.271. The maximum Gasteiger partial charge on any atom is 0.374 e. The van der Waals surface area contributed by atoms with Crippen LogP contribution in [-0.2, 0) is 4.74 Å². The number of thiazole rings is 1. The van der Waals surface area contributed by atoms with Gasteiger partial charge in [-0.05, 0) is 31.0 Å². The minimum atomic E-state index is -0.618. The van der Waals surface area contributed by atoms with E-state index in [0.29, 0.717) is 31.9 Å². The van der Waals surface area contributed by atoms with Gasteiger partial charge in [0.25, 0.3) is 5.91 Å². The molecule has 194 valence electrons. The van der Waals surface area contributed by atoms with Gasteiger partial charge in [-0.15, -0.1) is 11.3 Å². The largest absolute Gasteiger partial charge is 0.463 e. The number of urea groups is 1. The first-order valence-corrected chi connectivity index (χ1v) is 13.0. The van der Waals surface area contributed by atoms with Crippen LogP contribution in [0, 0.1) is 0 Å². The van der Waals surface area contributed by atoms with E-state index in [9.17, 15) is 14.4 Å². The number of hydrogen-bond donors (Lipinski definition) is 1. The minimum Gasteiger partial charge on any atom is -0.463 e. The zero-order chi connectivity index (χ0) is 25.8. The van der Waals surface area contributed by atoms with Crippen molar-refractivity contribution in [2.75, 3.05) is 56.6 Å². The molecule has 0 radical (unpaired) electrons. The molecule has 0 aromatic carbocycles. The van der Waals surface area contributed by atoms with Gasteiger partial charge in [-0.25, -0.2) is 19.6 Å². The lowest BCUT2D eigenvalue weighted by atomic mass is 9.98. The summed E-state index contributed by atoms with van der Waals surface area (Å²) in [6.07, 6.45) is 3.39. The molecule has 2 fully saturated rings. The van der Waals surface area contributed by atoms with Crippen molar-refractivity contribution in [3.8, 4) is 0 Å². The first kappa shape index (κ1) is 24.8. The van der Waals surface area contributed by atoms with Crippen molar-refractivity contribution in [3.05, 3.63) is 58.4 Å². The van der Waals surface area contributed by atoms with E-state index in [4.69, 9.17) is 4.42 Å². The maximum absolute atomic E-state index is 13.1. The highest BCUT2D eigenvalue weighted by Gasteiger charge is 2.30. The number of nitrogens with one attached hydrogen (secondary N) is 1. The monoisotopic (exact) mass is 524 g/mol. The lowest BCUT2D eigenvalue weighted by Crippen LogP contribution is -2.54. The van der Waals surface area contributed by atoms with Crippen molar-refractivity contribution in [2.45, 2.75) is 18.8 Å². The van der Waals surface area contributed by atoms with E-state index >= 15 is 0 Å². The molecule has 3 amide bonds. The Kier molecular flexibility index (Phi) is 7.35. The SMILES string of the molecule is COC(=O)c1ccc(NC(=O)c2csc(C3CCN(C(=O)N4CCN(c5ccccn5)CC4)CC3)n2)o1. The van der Waals surface area contributed by atoms with Crippen LogP contribution in [0.1, 0.15) is 44.8 Å². The van der Waals surface area contributed by atoms with E-state index in [1.54, 1.807) is 11.6 Å². The number of likely N-dealkylation sites (tertiary alicyclic amines) is 1. The zero-order valence-electron chi connectivity index (χ0n) is 20.5. The molecule has 5 rings (SSSR count). The molecule has 0 atom stereocenters. The molecule has 5 heterocycles. The number of furan rings is 1. The predicted molar refractivity (Wildman–Crippen MR) is 137 cm³/mol. The quantitative estimate of drug-likeness (QED) is 0.505. The Morgan fingerprint density at radius 2 is 1.78 bits per heavy atom. The number of hydrogen-bond acceptors (Lipinski definition) is 9. The highest BCUT2D eigenvalue weighted by atomic mass is 32.1. The number of carbonyl (C=O) groups is 3. The Morgan fingerprint density at radius 1 is 1.03 bits per heavy atom. The van der Waals surface area contributed by atoms with E-state index in [-0.39, 0.29) is 23.6 Å². The number of aromatic nitrogens is 2. The van der Waals surface area contributed by atoms with E-state index in [2.05, 4.69) is 24.9 Å². The van der Waals surface area contributed by atoms with Crippen molar-refractivity contribution in [3.63, 3.8) is 0 Å². The number of ether oxygens (including phenoxy) is 1.